The van der Waals surface area contributed by atoms with Crippen LogP contribution in [0.4, 0.5) is 11.5 Å². The number of rotatable bonds is 4. The fourth-order valence-corrected chi connectivity index (χ4v) is 2.83. The molecule has 2 heterocycles. The molecule has 0 unspecified atom stereocenters. The number of aromatic nitrogens is 4. The smallest absolute Gasteiger partial charge is 0.277 e. The summed E-state index contributed by atoms with van der Waals surface area (Å²) < 4.78 is 1.71. The summed E-state index contributed by atoms with van der Waals surface area (Å²) in [5.41, 5.74) is 8.40. The number of aryl methyl sites for hydroxylation is 1. The van der Waals surface area contributed by atoms with E-state index in [1.165, 1.54) is 11.9 Å². The van der Waals surface area contributed by atoms with Crippen LogP contribution in [0.1, 0.15) is 50.2 Å². The maximum atomic E-state index is 12.8. The molecule has 0 aliphatic carbocycles. The van der Waals surface area contributed by atoms with E-state index in [0.717, 1.165) is 12.8 Å². The van der Waals surface area contributed by atoms with Crippen molar-refractivity contribution in [2.45, 2.75) is 46.1 Å². The lowest BCUT2D eigenvalue weighted by Gasteiger charge is -2.19. The number of fused-ring (bicyclic) bond motifs is 1. The van der Waals surface area contributed by atoms with E-state index in [-0.39, 0.29) is 23.0 Å². The zero-order valence-electron chi connectivity index (χ0n) is 15.6. The third kappa shape index (κ3) is 3.37. The zero-order chi connectivity index (χ0) is 18.9. The van der Waals surface area contributed by atoms with Gasteiger partial charge in [0, 0.05) is 5.69 Å². The molecule has 0 atom stereocenters. The molecule has 0 saturated carbocycles. The number of carbonyl (C=O) groups is 1. The van der Waals surface area contributed by atoms with Crippen molar-refractivity contribution >= 4 is 28.4 Å². The van der Waals surface area contributed by atoms with Gasteiger partial charge in [-0.2, -0.15) is 5.10 Å². The number of nitrogens with two attached hydrogens (primary N) is 1. The summed E-state index contributed by atoms with van der Waals surface area (Å²) >= 11 is 0. The Hall–Kier alpha value is -2.96. The average molecular weight is 352 g/mol. The SMILES string of the molecule is CCCc1ccc(NC(=O)c2nn(C(C)(C)C)c3ncnc(N)c23)cc1. The minimum atomic E-state index is -0.348. The predicted octanol–water partition coefficient (Wildman–Crippen LogP) is 3.37. The Bertz CT molecular complexity index is 937. The number of hydrogen-bond donors (Lipinski definition) is 2. The fraction of sp³-hybridized carbons (Fsp3) is 0.368. The molecular formula is C19H24N6O. The first-order valence-electron chi connectivity index (χ1n) is 8.71. The highest BCUT2D eigenvalue weighted by atomic mass is 16.2. The molecular weight excluding hydrogens is 328 g/mol. The van der Waals surface area contributed by atoms with Crippen molar-refractivity contribution in [2.24, 2.45) is 0 Å². The fourth-order valence-electron chi connectivity index (χ4n) is 2.83. The lowest BCUT2D eigenvalue weighted by Crippen LogP contribution is -2.24. The Balaban J connectivity index is 1.98. The molecule has 0 aliphatic heterocycles. The van der Waals surface area contributed by atoms with Crippen LogP contribution >= 0.6 is 0 Å². The summed E-state index contributed by atoms with van der Waals surface area (Å²) in [4.78, 5) is 21.1. The first-order valence-corrected chi connectivity index (χ1v) is 8.71. The quantitative estimate of drug-likeness (QED) is 0.750. The number of carbonyl (C=O) groups excluding carboxylic acids is 1. The van der Waals surface area contributed by atoms with Crippen molar-refractivity contribution in [3.8, 4) is 0 Å². The van der Waals surface area contributed by atoms with Gasteiger partial charge in [0.1, 0.15) is 12.1 Å². The van der Waals surface area contributed by atoms with Gasteiger partial charge in [0.2, 0.25) is 0 Å². The highest BCUT2D eigenvalue weighted by Gasteiger charge is 2.26. The predicted molar refractivity (Wildman–Crippen MR) is 103 cm³/mol. The zero-order valence-corrected chi connectivity index (χ0v) is 15.6. The van der Waals surface area contributed by atoms with Crippen LogP contribution in [-0.2, 0) is 12.0 Å². The second kappa shape index (κ2) is 6.74. The van der Waals surface area contributed by atoms with Gasteiger partial charge in [-0.15, -0.1) is 0 Å². The molecule has 26 heavy (non-hydrogen) atoms. The Morgan fingerprint density at radius 3 is 2.50 bits per heavy atom. The average Bonchev–Trinajstić information content (AvgIpc) is 2.98. The van der Waals surface area contributed by atoms with Crippen LogP contribution in [0, 0.1) is 0 Å². The van der Waals surface area contributed by atoms with Crippen molar-refractivity contribution in [3.05, 3.63) is 41.9 Å². The van der Waals surface area contributed by atoms with Crippen LogP contribution in [0.25, 0.3) is 11.0 Å². The topological polar surface area (TPSA) is 98.7 Å². The molecule has 0 aliphatic rings. The summed E-state index contributed by atoms with van der Waals surface area (Å²) in [6, 6.07) is 7.82. The lowest BCUT2D eigenvalue weighted by molar-refractivity contribution is 0.102. The number of nitrogens with one attached hydrogen (secondary N) is 1. The molecule has 3 rings (SSSR count). The third-order valence-corrected chi connectivity index (χ3v) is 4.09. The van der Waals surface area contributed by atoms with E-state index in [4.69, 9.17) is 5.73 Å². The molecule has 0 radical (unpaired) electrons. The Kier molecular flexibility index (Phi) is 4.63. The Morgan fingerprint density at radius 2 is 1.88 bits per heavy atom. The van der Waals surface area contributed by atoms with Gasteiger partial charge in [-0.25, -0.2) is 14.6 Å². The van der Waals surface area contributed by atoms with Gasteiger partial charge in [0.25, 0.3) is 5.91 Å². The van der Waals surface area contributed by atoms with Crippen molar-refractivity contribution in [2.75, 3.05) is 11.1 Å². The standard InChI is InChI=1S/C19H24N6O/c1-5-6-12-7-9-13(10-8-12)23-18(26)15-14-16(20)21-11-22-17(14)25(24-15)19(2,3)4/h7-11H,5-6H2,1-4H3,(H,23,26)(H2,20,21,22). The molecule has 0 spiro atoms. The van der Waals surface area contributed by atoms with E-state index in [1.807, 2.05) is 45.0 Å². The van der Waals surface area contributed by atoms with Crippen LogP contribution in [0.3, 0.4) is 0 Å². The van der Waals surface area contributed by atoms with Crippen LogP contribution < -0.4 is 11.1 Å². The number of nitrogen functional groups attached to an aromatic ring is 1. The van der Waals surface area contributed by atoms with Crippen LogP contribution in [0.2, 0.25) is 0 Å². The van der Waals surface area contributed by atoms with E-state index < -0.39 is 0 Å². The van der Waals surface area contributed by atoms with Crippen LogP contribution in [0.15, 0.2) is 30.6 Å². The first-order chi connectivity index (χ1) is 12.3. The molecule has 1 amide bonds. The Labute approximate surface area is 152 Å². The first kappa shape index (κ1) is 17.8. The largest absolute Gasteiger partial charge is 0.383 e. The molecule has 7 nitrogen and oxygen atoms in total. The van der Waals surface area contributed by atoms with E-state index in [2.05, 4.69) is 27.3 Å². The van der Waals surface area contributed by atoms with Crippen molar-refractivity contribution in [3.63, 3.8) is 0 Å². The van der Waals surface area contributed by atoms with Crippen molar-refractivity contribution in [1.82, 2.24) is 19.7 Å². The van der Waals surface area contributed by atoms with Crippen molar-refractivity contribution < 1.29 is 4.79 Å². The third-order valence-electron chi connectivity index (χ3n) is 4.09. The number of hydrogen-bond acceptors (Lipinski definition) is 5. The van der Waals surface area contributed by atoms with Gasteiger partial charge < -0.3 is 11.1 Å². The molecule has 0 saturated heterocycles. The van der Waals surface area contributed by atoms with E-state index in [9.17, 15) is 4.79 Å². The summed E-state index contributed by atoms with van der Waals surface area (Å²) in [5.74, 6) is -0.0864. The lowest BCUT2D eigenvalue weighted by atomic mass is 10.1. The highest BCUT2D eigenvalue weighted by molar-refractivity contribution is 6.13. The second-order valence-electron chi connectivity index (χ2n) is 7.29. The van der Waals surface area contributed by atoms with E-state index >= 15 is 0 Å². The molecule has 3 N–H and O–H groups in total. The van der Waals surface area contributed by atoms with Gasteiger partial charge in [0.05, 0.1) is 10.9 Å². The molecule has 1 aromatic carbocycles. The summed E-state index contributed by atoms with van der Waals surface area (Å²) in [6.45, 7) is 8.11. The number of nitrogens with zero attached hydrogens (tertiary/aromatic N) is 4. The van der Waals surface area contributed by atoms with E-state index in [0.29, 0.717) is 16.7 Å². The van der Waals surface area contributed by atoms with Gasteiger partial charge in [-0.3, -0.25) is 4.79 Å². The normalized spacial score (nSPS) is 11.7. The van der Waals surface area contributed by atoms with Crippen LogP contribution in [-0.4, -0.2) is 25.7 Å². The van der Waals surface area contributed by atoms with Gasteiger partial charge >= 0.3 is 0 Å². The van der Waals surface area contributed by atoms with E-state index in [1.54, 1.807) is 4.68 Å². The van der Waals surface area contributed by atoms with Gasteiger partial charge in [-0.05, 0) is 44.9 Å². The maximum Gasteiger partial charge on any atom is 0.277 e. The monoisotopic (exact) mass is 352 g/mol. The number of amides is 1. The maximum absolute atomic E-state index is 12.8. The highest BCUT2D eigenvalue weighted by Crippen LogP contribution is 2.27. The number of anilines is 2. The Morgan fingerprint density at radius 1 is 1.19 bits per heavy atom. The molecule has 2 aromatic heterocycles. The van der Waals surface area contributed by atoms with Gasteiger partial charge in [-0.1, -0.05) is 25.5 Å². The molecule has 0 fully saturated rings. The molecule has 3 aromatic rings. The minimum absolute atomic E-state index is 0.227. The molecule has 0 bridgehead atoms. The molecule has 136 valence electrons. The second-order valence-corrected chi connectivity index (χ2v) is 7.29. The van der Waals surface area contributed by atoms with Gasteiger partial charge in [0.15, 0.2) is 11.3 Å². The van der Waals surface area contributed by atoms with Crippen molar-refractivity contribution in [1.29, 1.82) is 0 Å². The number of benzene rings is 1. The summed E-state index contributed by atoms with van der Waals surface area (Å²) in [7, 11) is 0. The molecule has 7 heteroatoms. The van der Waals surface area contributed by atoms with Crippen LogP contribution in [0.5, 0.6) is 0 Å². The summed E-state index contributed by atoms with van der Waals surface area (Å²) in [5, 5.41) is 7.85. The minimum Gasteiger partial charge on any atom is -0.383 e. The summed E-state index contributed by atoms with van der Waals surface area (Å²) in [6.07, 6.45) is 3.49.